The van der Waals surface area contributed by atoms with Crippen molar-refractivity contribution in [2.45, 2.75) is 38.5 Å². The van der Waals surface area contributed by atoms with Gasteiger partial charge in [0.25, 0.3) is 0 Å². The van der Waals surface area contributed by atoms with Crippen LogP contribution in [-0.2, 0) is 0 Å². The van der Waals surface area contributed by atoms with Crippen LogP contribution in [0.4, 0.5) is 0 Å². The molecule has 0 amide bonds. The van der Waals surface area contributed by atoms with Crippen LogP contribution in [0.25, 0.3) is 0 Å². The Bertz CT molecular complexity index is 89.5. The molecule has 0 bridgehead atoms. The summed E-state index contributed by atoms with van der Waals surface area (Å²) in [6.45, 7) is 3.30. The highest BCUT2D eigenvalue weighted by atomic mass is 16.5. The molecule has 0 aromatic heterocycles. The number of nitrogens with one attached hydrogen (secondary N) is 1. The van der Waals surface area contributed by atoms with Crippen molar-refractivity contribution in [2.24, 2.45) is 0 Å². The summed E-state index contributed by atoms with van der Waals surface area (Å²) >= 11 is 0. The van der Waals surface area contributed by atoms with Gasteiger partial charge in [0.2, 0.25) is 0 Å². The molecular formula is C6H15NO3. The maximum Gasteiger partial charge on any atom is 0.126 e. The van der Waals surface area contributed by atoms with E-state index in [1.807, 2.05) is 0 Å². The second kappa shape index (κ2) is 3.88. The molecule has 0 heterocycles. The zero-order valence-corrected chi connectivity index (χ0v) is 6.33. The summed E-state index contributed by atoms with van der Waals surface area (Å²) in [5.74, 6) is 0. The van der Waals surface area contributed by atoms with E-state index in [4.69, 9.17) is 15.4 Å². The molecule has 0 aliphatic heterocycles. The molecule has 4 nitrogen and oxygen atoms in total. The van der Waals surface area contributed by atoms with E-state index in [1.54, 1.807) is 19.3 Å². The monoisotopic (exact) mass is 149 g/mol. The Morgan fingerprint density at radius 1 is 1.50 bits per heavy atom. The van der Waals surface area contributed by atoms with Crippen LogP contribution in [0.2, 0.25) is 0 Å². The number of hydrogen-bond acceptors (Lipinski definition) is 4. The largest absolute Gasteiger partial charge is 0.390 e. The molecule has 0 aliphatic carbocycles. The summed E-state index contributed by atoms with van der Waals surface area (Å²) in [6, 6.07) is 0. The van der Waals surface area contributed by atoms with E-state index in [0.717, 1.165) is 0 Å². The molecule has 0 saturated heterocycles. The second-order valence-electron chi connectivity index (χ2n) is 3.00. The minimum atomic E-state index is -0.938. The quantitative estimate of drug-likeness (QED) is 0.331. The molecule has 0 radical (unpaired) electrons. The van der Waals surface area contributed by atoms with Crippen LogP contribution < -0.4 is 5.48 Å². The average molecular weight is 149 g/mol. The minimum absolute atomic E-state index is 0.333. The Hall–Kier alpha value is -0.160. The van der Waals surface area contributed by atoms with Gasteiger partial charge in [0.05, 0.1) is 5.60 Å². The Labute approximate surface area is 60.5 Å². The first-order valence-electron chi connectivity index (χ1n) is 3.26. The average Bonchev–Trinajstić information content (AvgIpc) is 1.81. The zero-order valence-electron chi connectivity index (χ0n) is 6.33. The van der Waals surface area contributed by atoms with E-state index < -0.39 is 11.8 Å². The van der Waals surface area contributed by atoms with Gasteiger partial charge >= 0.3 is 0 Å². The van der Waals surface area contributed by atoms with E-state index in [-0.39, 0.29) is 0 Å². The van der Waals surface area contributed by atoms with Gasteiger partial charge in [-0.15, -0.1) is 0 Å². The van der Waals surface area contributed by atoms with Crippen molar-refractivity contribution in [1.29, 1.82) is 0 Å². The fourth-order valence-corrected chi connectivity index (χ4v) is 0.554. The predicted molar refractivity (Wildman–Crippen MR) is 36.5 cm³/mol. The first kappa shape index (κ1) is 9.84. The number of rotatable bonds is 4. The summed E-state index contributed by atoms with van der Waals surface area (Å²) in [5.41, 5.74) is 0.902. The van der Waals surface area contributed by atoms with Gasteiger partial charge in [-0.25, -0.2) is 0 Å². The highest BCUT2D eigenvalue weighted by molar-refractivity contribution is 4.65. The van der Waals surface area contributed by atoms with Crippen molar-refractivity contribution >= 4 is 0 Å². The summed E-state index contributed by atoms with van der Waals surface area (Å²) in [5, 5.41) is 26.0. The molecule has 1 unspecified atom stereocenters. The van der Waals surface area contributed by atoms with Crippen molar-refractivity contribution in [3.8, 4) is 0 Å². The van der Waals surface area contributed by atoms with Gasteiger partial charge in [-0.2, -0.15) is 5.48 Å². The Balaban J connectivity index is 3.36. The maximum atomic E-state index is 9.14. The van der Waals surface area contributed by atoms with E-state index in [0.29, 0.717) is 12.8 Å². The molecule has 0 aromatic carbocycles. The van der Waals surface area contributed by atoms with E-state index >= 15 is 0 Å². The third kappa shape index (κ3) is 5.97. The minimum Gasteiger partial charge on any atom is -0.390 e. The molecule has 0 aromatic rings. The van der Waals surface area contributed by atoms with E-state index in [2.05, 4.69) is 0 Å². The van der Waals surface area contributed by atoms with Gasteiger partial charge in [-0.05, 0) is 26.7 Å². The summed E-state index contributed by atoms with van der Waals surface area (Å²) in [4.78, 5) is 0. The first-order valence-corrected chi connectivity index (χ1v) is 3.26. The summed E-state index contributed by atoms with van der Waals surface area (Å²) in [7, 11) is 0. The zero-order chi connectivity index (χ0) is 8.20. The molecule has 0 aliphatic rings. The normalized spacial score (nSPS) is 15.3. The van der Waals surface area contributed by atoms with Crippen molar-refractivity contribution in [2.75, 3.05) is 0 Å². The van der Waals surface area contributed by atoms with Crippen LogP contribution in [0.1, 0.15) is 26.7 Å². The lowest BCUT2D eigenvalue weighted by Gasteiger charge is -2.18. The first-order chi connectivity index (χ1) is 4.45. The molecule has 10 heavy (non-hydrogen) atoms. The molecule has 4 N–H and O–H groups in total. The highest BCUT2D eigenvalue weighted by Crippen LogP contribution is 2.10. The number of aliphatic hydroxyl groups excluding tert-OH is 1. The Kier molecular flexibility index (Phi) is 3.81. The smallest absolute Gasteiger partial charge is 0.126 e. The molecule has 1 atom stereocenters. The Morgan fingerprint density at radius 2 is 2.00 bits per heavy atom. The fraction of sp³-hybridized carbons (Fsp3) is 1.00. The van der Waals surface area contributed by atoms with Gasteiger partial charge in [-0.3, -0.25) is 0 Å². The third-order valence-electron chi connectivity index (χ3n) is 1.18. The lowest BCUT2D eigenvalue weighted by molar-refractivity contribution is -0.0211. The standard InChI is InChI=1S/C6H15NO3/c1-6(2,9)4-3-5(8)7-10/h5,7-10H,3-4H2,1-2H3. The summed E-state index contributed by atoms with van der Waals surface area (Å²) in [6.07, 6.45) is -0.159. The molecule has 0 fully saturated rings. The molecule has 4 heteroatoms. The van der Waals surface area contributed by atoms with Crippen LogP contribution in [-0.4, -0.2) is 27.2 Å². The number of hydrogen-bond donors (Lipinski definition) is 4. The van der Waals surface area contributed by atoms with E-state index in [9.17, 15) is 0 Å². The number of aliphatic hydroxyl groups is 2. The lowest BCUT2D eigenvalue weighted by atomic mass is 10.0. The number of hydroxylamine groups is 1. The van der Waals surface area contributed by atoms with Gasteiger partial charge in [-0.1, -0.05) is 0 Å². The van der Waals surface area contributed by atoms with E-state index in [1.165, 1.54) is 0 Å². The third-order valence-corrected chi connectivity index (χ3v) is 1.18. The van der Waals surface area contributed by atoms with Crippen LogP contribution in [0.5, 0.6) is 0 Å². The Morgan fingerprint density at radius 3 is 2.30 bits per heavy atom. The van der Waals surface area contributed by atoms with Crippen molar-refractivity contribution in [3.63, 3.8) is 0 Å². The van der Waals surface area contributed by atoms with Crippen molar-refractivity contribution in [1.82, 2.24) is 5.48 Å². The van der Waals surface area contributed by atoms with Gasteiger partial charge in [0, 0.05) is 0 Å². The predicted octanol–water partition coefficient (Wildman–Crippen LogP) is -0.165. The highest BCUT2D eigenvalue weighted by Gasteiger charge is 2.14. The van der Waals surface area contributed by atoms with Crippen LogP contribution in [0.3, 0.4) is 0 Å². The van der Waals surface area contributed by atoms with Crippen molar-refractivity contribution in [3.05, 3.63) is 0 Å². The van der Waals surface area contributed by atoms with Crippen LogP contribution >= 0.6 is 0 Å². The fourth-order valence-electron chi connectivity index (χ4n) is 0.554. The van der Waals surface area contributed by atoms with Crippen molar-refractivity contribution < 1.29 is 15.4 Å². The van der Waals surface area contributed by atoms with Crippen LogP contribution in [0.15, 0.2) is 0 Å². The maximum absolute atomic E-state index is 9.14. The van der Waals surface area contributed by atoms with Gasteiger partial charge in [0.1, 0.15) is 6.23 Å². The molecule has 0 spiro atoms. The molecule has 62 valence electrons. The second-order valence-corrected chi connectivity index (χ2v) is 3.00. The summed E-state index contributed by atoms with van der Waals surface area (Å²) < 4.78 is 0. The molecular weight excluding hydrogens is 134 g/mol. The topological polar surface area (TPSA) is 72.7 Å². The van der Waals surface area contributed by atoms with Crippen LogP contribution in [0, 0.1) is 0 Å². The SMILES string of the molecule is CC(C)(O)CCC(O)NO. The molecule has 0 saturated carbocycles. The molecule has 0 rings (SSSR count). The van der Waals surface area contributed by atoms with Gasteiger partial charge < -0.3 is 15.4 Å². The van der Waals surface area contributed by atoms with Gasteiger partial charge in [0.15, 0.2) is 0 Å². The lowest BCUT2D eigenvalue weighted by Crippen LogP contribution is -2.29.